The van der Waals surface area contributed by atoms with E-state index in [9.17, 15) is 0 Å². The lowest BCUT2D eigenvalue weighted by atomic mass is 9.67. The van der Waals surface area contributed by atoms with Gasteiger partial charge >= 0.3 is 0 Å². The summed E-state index contributed by atoms with van der Waals surface area (Å²) in [5, 5.41) is 0. The fraction of sp³-hybridized carbons (Fsp3) is 0.365. The molecule has 9 aromatic carbocycles. The Hall–Kier alpha value is -7.86. The monoisotopic (exact) mass is 1190 g/mol. The molecule has 0 saturated carbocycles. The summed E-state index contributed by atoms with van der Waals surface area (Å²) in [7, 11) is 0. The van der Waals surface area contributed by atoms with Crippen molar-refractivity contribution < 1.29 is 18.9 Å². The van der Waals surface area contributed by atoms with Gasteiger partial charge in [-0.15, -0.1) is 0 Å². The third kappa shape index (κ3) is 12.5. The van der Waals surface area contributed by atoms with Gasteiger partial charge in [-0.3, -0.25) is 0 Å². The van der Waals surface area contributed by atoms with E-state index < -0.39 is 5.41 Å². The molecule has 0 amide bonds. The highest BCUT2D eigenvalue weighted by atomic mass is 16.5. The summed E-state index contributed by atoms with van der Waals surface area (Å²) < 4.78 is 25.1. The molecule has 0 aromatic heterocycles. The molecule has 5 heteroatoms. The number of hydrogen-bond donors (Lipinski definition) is 0. The Bertz CT molecular complexity index is 3880. The topological polar surface area (TPSA) is 40.2 Å². The molecule has 1 unspecified atom stereocenters. The van der Waals surface area contributed by atoms with Crippen LogP contribution >= 0.6 is 0 Å². The molecule has 90 heavy (non-hydrogen) atoms. The van der Waals surface area contributed by atoms with Crippen molar-refractivity contribution in [1.82, 2.24) is 0 Å². The van der Waals surface area contributed by atoms with Crippen LogP contribution in [0, 0.1) is 13.8 Å². The van der Waals surface area contributed by atoms with E-state index in [1.54, 1.807) is 0 Å². The van der Waals surface area contributed by atoms with E-state index in [1.165, 1.54) is 184 Å². The molecule has 0 fully saturated rings. The van der Waals surface area contributed by atoms with Gasteiger partial charge in [-0.1, -0.05) is 220 Å². The smallest absolute Gasteiger partial charge is 0.152 e. The van der Waals surface area contributed by atoms with Crippen LogP contribution in [0.3, 0.4) is 0 Å². The van der Waals surface area contributed by atoms with E-state index in [2.05, 4.69) is 228 Å². The fourth-order valence-corrected chi connectivity index (χ4v) is 15.1. The van der Waals surface area contributed by atoms with E-state index in [-0.39, 0.29) is 5.41 Å². The Labute approximate surface area is 538 Å². The molecular weight excluding hydrogens is 1100 g/mol. The fourth-order valence-electron chi connectivity index (χ4n) is 15.1. The number of rotatable bonds is 30. The first-order chi connectivity index (χ1) is 44.2. The number of fused-ring (bicyclic) bond motifs is 8. The van der Waals surface area contributed by atoms with E-state index >= 15 is 0 Å². The van der Waals surface area contributed by atoms with Crippen LogP contribution in [0.4, 0.5) is 17.1 Å². The zero-order valence-corrected chi connectivity index (χ0v) is 55.0. The highest BCUT2D eigenvalue weighted by Crippen LogP contribution is 2.60. The van der Waals surface area contributed by atoms with E-state index in [0.29, 0.717) is 26.4 Å². The Morgan fingerprint density at radius 3 is 1.40 bits per heavy atom. The van der Waals surface area contributed by atoms with Crippen LogP contribution in [-0.4, -0.2) is 26.4 Å². The number of anilines is 3. The zero-order valence-electron chi connectivity index (χ0n) is 55.0. The van der Waals surface area contributed by atoms with Crippen molar-refractivity contribution >= 4 is 17.1 Å². The van der Waals surface area contributed by atoms with Crippen molar-refractivity contribution in [2.45, 2.75) is 175 Å². The van der Waals surface area contributed by atoms with Gasteiger partial charge in [0.15, 0.2) is 11.5 Å². The predicted molar refractivity (Wildman–Crippen MR) is 377 cm³/mol. The number of benzene rings is 9. The Kier molecular flexibility index (Phi) is 19.8. The molecule has 464 valence electrons. The Balaban J connectivity index is 0.976. The van der Waals surface area contributed by atoms with Crippen molar-refractivity contribution in [3.05, 3.63) is 232 Å². The molecule has 1 atom stereocenters. The molecule has 2 aliphatic carbocycles. The minimum atomic E-state index is -0.621. The first-order valence-electron chi connectivity index (χ1n) is 34.6. The zero-order chi connectivity index (χ0) is 62.0. The molecule has 1 aliphatic heterocycles. The maximum absolute atomic E-state index is 6.98. The normalized spacial score (nSPS) is 14.7. The summed E-state index contributed by atoms with van der Waals surface area (Å²) in [6.07, 6.45) is 21.9. The maximum atomic E-state index is 6.98. The van der Waals surface area contributed by atoms with Gasteiger partial charge < -0.3 is 23.8 Å². The number of ether oxygens (including phenoxy) is 4. The lowest BCUT2D eigenvalue weighted by molar-refractivity contribution is 0.110. The highest BCUT2D eigenvalue weighted by Gasteiger charge is 2.47. The summed E-state index contributed by atoms with van der Waals surface area (Å²) in [6, 6.07) is 70.1. The minimum Gasteiger partial charge on any atom is -0.494 e. The van der Waals surface area contributed by atoms with Crippen molar-refractivity contribution in [3.8, 4) is 67.5 Å². The summed E-state index contributed by atoms with van der Waals surface area (Å²) >= 11 is 0. The second-order valence-corrected chi connectivity index (χ2v) is 26.0. The summed E-state index contributed by atoms with van der Waals surface area (Å²) in [6.45, 7) is 17.9. The SMILES string of the molecule is CCCCCCCCC1(CCCCCCCC)c2cc(-c3ccc4c(c3)Oc3cc(C)ccc3N4c3ccc(CCCC)cc3)ccc2-c2ccc(-c3ccc4c(c3)C(c3ccc(OCCC)cc3)(c3ccc(OCCOCC)cc3)c3cc(C)ccc3-4)cc21. The van der Waals surface area contributed by atoms with Gasteiger partial charge in [-0.2, -0.15) is 0 Å². The van der Waals surface area contributed by atoms with Gasteiger partial charge in [-0.05, 0) is 221 Å². The molecule has 9 aromatic rings. The Morgan fingerprint density at radius 2 is 0.833 bits per heavy atom. The van der Waals surface area contributed by atoms with E-state index in [1.807, 2.05) is 6.92 Å². The van der Waals surface area contributed by atoms with E-state index in [4.69, 9.17) is 18.9 Å². The van der Waals surface area contributed by atoms with E-state index in [0.717, 1.165) is 65.7 Å². The van der Waals surface area contributed by atoms with Crippen LogP contribution in [0.15, 0.2) is 182 Å². The molecular formula is C85H95NO4. The highest BCUT2D eigenvalue weighted by molar-refractivity contribution is 5.92. The molecule has 12 rings (SSSR count). The lowest BCUT2D eigenvalue weighted by Crippen LogP contribution is -2.28. The van der Waals surface area contributed by atoms with Crippen LogP contribution in [0.25, 0.3) is 44.5 Å². The molecule has 3 aliphatic rings. The van der Waals surface area contributed by atoms with Crippen molar-refractivity contribution in [2.24, 2.45) is 0 Å². The van der Waals surface area contributed by atoms with Gasteiger partial charge in [0.1, 0.15) is 18.1 Å². The van der Waals surface area contributed by atoms with Crippen LogP contribution in [0.5, 0.6) is 23.0 Å². The third-order valence-electron chi connectivity index (χ3n) is 19.8. The lowest BCUT2D eigenvalue weighted by Gasteiger charge is -2.35. The molecule has 0 radical (unpaired) electrons. The van der Waals surface area contributed by atoms with Crippen LogP contribution in [0.2, 0.25) is 0 Å². The second kappa shape index (κ2) is 28.5. The maximum Gasteiger partial charge on any atom is 0.152 e. The quantitative estimate of drug-likeness (QED) is 0.0420. The molecule has 0 saturated heterocycles. The van der Waals surface area contributed by atoms with Gasteiger partial charge in [0.05, 0.1) is 30.0 Å². The number of unbranched alkanes of at least 4 members (excludes halogenated alkanes) is 11. The van der Waals surface area contributed by atoms with Crippen molar-refractivity contribution in [3.63, 3.8) is 0 Å². The largest absolute Gasteiger partial charge is 0.494 e. The number of nitrogens with zero attached hydrogens (tertiary/aromatic N) is 1. The third-order valence-corrected chi connectivity index (χ3v) is 19.8. The average molecular weight is 1190 g/mol. The van der Waals surface area contributed by atoms with Gasteiger partial charge in [0.2, 0.25) is 0 Å². The average Bonchev–Trinajstić information content (AvgIpc) is 1.53. The standard InChI is InChI=1S/C85H95NO4/c1-8-13-16-18-20-22-49-84(50-23-21-19-17-14-9-2)76-56-63(29-44-72(76)73-45-30-64(57-77(73)84)66-32-48-81-83(59-66)90-82-55-61(7)26-47-80(82)86(81)69-37-27-62(28-38-69)24-15-10-3)65-31-46-75-74-43-25-60(6)54-78(74)85(79(75)58-65,67-33-39-70(40-34-67)88-51-11-4)68-35-41-71(42-36-68)89-53-52-87-12-5/h25-48,54-59H,8-24,49-53H2,1-7H3. The summed E-state index contributed by atoms with van der Waals surface area (Å²) in [4.78, 5) is 2.39. The van der Waals surface area contributed by atoms with Crippen molar-refractivity contribution in [1.29, 1.82) is 0 Å². The van der Waals surface area contributed by atoms with Gasteiger partial charge in [-0.25, -0.2) is 0 Å². The first-order valence-corrected chi connectivity index (χ1v) is 34.6. The summed E-state index contributed by atoms with van der Waals surface area (Å²) in [5.41, 5.74) is 24.6. The van der Waals surface area contributed by atoms with Gasteiger partial charge in [0, 0.05) is 17.7 Å². The van der Waals surface area contributed by atoms with Crippen molar-refractivity contribution in [2.75, 3.05) is 31.3 Å². The predicted octanol–water partition coefficient (Wildman–Crippen LogP) is 23.9. The minimum absolute atomic E-state index is 0.157. The molecule has 0 spiro atoms. The first kappa shape index (κ1) is 62.3. The van der Waals surface area contributed by atoms with Crippen LogP contribution in [-0.2, 0) is 22.0 Å². The number of aryl methyl sites for hydroxylation is 3. The van der Waals surface area contributed by atoms with Crippen LogP contribution in [0.1, 0.15) is 194 Å². The Morgan fingerprint density at radius 1 is 0.378 bits per heavy atom. The molecule has 0 bridgehead atoms. The molecule has 5 nitrogen and oxygen atoms in total. The molecule has 0 N–H and O–H groups in total. The second-order valence-electron chi connectivity index (χ2n) is 26.0. The van der Waals surface area contributed by atoms with Crippen LogP contribution < -0.4 is 19.1 Å². The summed E-state index contributed by atoms with van der Waals surface area (Å²) in [5.74, 6) is 3.51. The number of hydrogen-bond acceptors (Lipinski definition) is 5. The molecule has 1 heterocycles. The van der Waals surface area contributed by atoms with Gasteiger partial charge in [0.25, 0.3) is 0 Å².